The summed E-state index contributed by atoms with van der Waals surface area (Å²) >= 11 is 0. The van der Waals surface area contributed by atoms with Crippen molar-refractivity contribution in [1.82, 2.24) is 10.2 Å². The summed E-state index contributed by atoms with van der Waals surface area (Å²) in [4.78, 5) is 24.7. The van der Waals surface area contributed by atoms with Crippen LogP contribution in [-0.4, -0.2) is 47.1 Å². The normalized spacial score (nSPS) is 30.4. The number of rotatable bonds is 2. The van der Waals surface area contributed by atoms with Gasteiger partial charge in [-0.15, -0.1) is 0 Å². The predicted molar refractivity (Wildman–Crippen MR) is 58.0 cm³/mol. The van der Waals surface area contributed by atoms with Crippen molar-refractivity contribution in [3.63, 3.8) is 0 Å². The number of carboxylic acids is 1. The second-order valence-electron chi connectivity index (χ2n) is 4.53. The van der Waals surface area contributed by atoms with Crippen molar-refractivity contribution in [2.45, 2.75) is 44.2 Å². The van der Waals surface area contributed by atoms with E-state index in [1.54, 1.807) is 4.90 Å². The highest BCUT2D eigenvalue weighted by Gasteiger charge is 2.35. The molecular weight excluding hydrogens is 208 g/mol. The van der Waals surface area contributed by atoms with Crippen LogP contribution >= 0.6 is 0 Å². The predicted octanol–water partition coefficient (Wildman–Crippen LogP) is 0.204. The lowest BCUT2D eigenvalue weighted by molar-refractivity contribution is -0.152. The summed E-state index contributed by atoms with van der Waals surface area (Å²) in [6, 6.07) is -0.761. The molecule has 1 amide bonds. The van der Waals surface area contributed by atoms with E-state index in [0.29, 0.717) is 13.0 Å². The molecule has 0 bridgehead atoms. The zero-order chi connectivity index (χ0) is 11.5. The maximum Gasteiger partial charge on any atom is 0.326 e. The Labute approximate surface area is 94.8 Å². The van der Waals surface area contributed by atoms with Gasteiger partial charge in [-0.05, 0) is 38.6 Å². The topological polar surface area (TPSA) is 69.6 Å². The van der Waals surface area contributed by atoms with Crippen molar-refractivity contribution in [3.05, 3.63) is 0 Å². The second kappa shape index (κ2) is 4.82. The number of amides is 1. The Morgan fingerprint density at radius 3 is 2.62 bits per heavy atom. The number of hydrogen-bond donors (Lipinski definition) is 2. The lowest BCUT2D eigenvalue weighted by Gasteiger charge is -2.34. The van der Waals surface area contributed by atoms with Gasteiger partial charge in [-0.2, -0.15) is 0 Å². The third kappa shape index (κ3) is 2.19. The molecule has 2 saturated heterocycles. The molecule has 2 N–H and O–H groups in total. The molecular formula is C11H18N2O3. The van der Waals surface area contributed by atoms with Gasteiger partial charge in [0.15, 0.2) is 0 Å². The highest BCUT2D eigenvalue weighted by molar-refractivity contribution is 5.87. The molecule has 0 saturated carbocycles. The first kappa shape index (κ1) is 11.4. The van der Waals surface area contributed by atoms with Crippen molar-refractivity contribution in [2.24, 2.45) is 0 Å². The first-order chi connectivity index (χ1) is 7.70. The SMILES string of the molecule is O=C(O)[C@@H]1CCCCN1C(=O)[C@H]1CCCN1. The van der Waals surface area contributed by atoms with E-state index in [9.17, 15) is 9.59 Å². The molecule has 0 unspecified atom stereocenters. The summed E-state index contributed by atoms with van der Waals surface area (Å²) in [6.45, 7) is 1.45. The summed E-state index contributed by atoms with van der Waals surface area (Å²) in [5.41, 5.74) is 0. The van der Waals surface area contributed by atoms with Crippen LogP contribution in [0.2, 0.25) is 0 Å². The van der Waals surface area contributed by atoms with Crippen LogP contribution in [0, 0.1) is 0 Å². The van der Waals surface area contributed by atoms with Gasteiger partial charge in [-0.25, -0.2) is 4.79 Å². The van der Waals surface area contributed by atoms with Crippen molar-refractivity contribution in [3.8, 4) is 0 Å². The minimum absolute atomic E-state index is 0.0235. The standard InChI is InChI=1S/C11H18N2O3/c14-10(8-4-3-6-12-8)13-7-2-1-5-9(13)11(15)16/h8-9,12H,1-7H2,(H,15,16)/t8-,9+/m1/s1. The second-order valence-corrected chi connectivity index (χ2v) is 4.53. The Morgan fingerprint density at radius 1 is 1.19 bits per heavy atom. The van der Waals surface area contributed by atoms with E-state index < -0.39 is 12.0 Å². The fraction of sp³-hybridized carbons (Fsp3) is 0.818. The Hall–Kier alpha value is -1.10. The van der Waals surface area contributed by atoms with E-state index in [1.807, 2.05) is 0 Å². The molecule has 0 aromatic heterocycles. The minimum Gasteiger partial charge on any atom is -0.480 e. The molecule has 0 aromatic rings. The van der Waals surface area contributed by atoms with Gasteiger partial charge >= 0.3 is 5.97 Å². The smallest absolute Gasteiger partial charge is 0.326 e. The average molecular weight is 226 g/mol. The lowest BCUT2D eigenvalue weighted by Crippen LogP contribution is -2.53. The Bertz CT molecular complexity index is 287. The van der Waals surface area contributed by atoms with Crippen LogP contribution in [0.1, 0.15) is 32.1 Å². The van der Waals surface area contributed by atoms with Gasteiger partial charge in [0.05, 0.1) is 6.04 Å². The van der Waals surface area contributed by atoms with Crippen LogP contribution < -0.4 is 5.32 Å². The molecule has 0 aliphatic carbocycles. The molecule has 2 aliphatic rings. The van der Waals surface area contributed by atoms with Crippen molar-refractivity contribution < 1.29 is 14.7 Å². The quantitative estimate of drug-likeness (QED) is 0.706. The molecule has 0 aromatic carbocycles. The Kier molecular flexibility index (Phi) is 3.43. The highest BCUT2D eigenvalue weighted by Crippen LogP contribution is 2.20. The number of aliphatic carboxylic acids is 1. The summed E-state index contributed by atoms with van der Waals surface area (Å²) < 4.78 is 0. The van der Waals surface area contributed by atoms with Gasteiger partial charge in [0.1, 0.15) is 6.04 Å². The van der Waals surface area contributed by atoms with Crippen molar-refractivity contribution in [2.75, 3.05) is 13.1 Å². The zero-order valence-corrected chi connectivity index (χ0v) is 9.32. The number of nitrogens with zero attached hydrogens (tertiary/aromatic N) is 1. The maximum absolute atomic E-state index is 12.1. The molecule has 2 fully saturated rings. The summed E-state index contributed by atoms with van der Waals surface area (Å²) in [7, 11) is 0. The largest absolute Gasteiger partial charge is 0.480 e. The van der Waals surface area contributed by atoms with E-state index in [2.05, 4.69) is 5.32 Å². The first-order valence-electron chi connectivity index (χ1n) is 5.97. The Morgan fingerprint density at radius 2 is 2.00 bits per heavy atom. The number of hydrogen-bond acceptors (Lipinski definition) is 3. The number of likely N-dealkylation sites (tertiary alicyclic amines) is 1. The fourth-order valence-electron chi connectivity index (χ4n) is 2.55. The zero-order valence-electron chi connectivity index (χ0n) is 9.32. The van der Waals surface area contributed by atoms with Gasteiger partial charge in [0, 0.05) is 6.54 Å². The number of carboxylic acid groups (broad SMARTS) is 1. The van der Waals surface area contributed by atoms with E-state index >= 15 is 0 Å². The monoisotopic (exact) mass is 226 g/mol. The minimum atomic E-state index is -0.869. The highest BCUT2D eigenvalue weighted by atomic mass is 16.4. The van der Waals surface area contributed by atoms with Gasteiger partial charge in [0.25, 0.3) is 0 Å². The van der Waals surface area contributed by atoms with Crippen LogP contribution in [0.3, 0.4) is 0 Å². The van der Waals surface area contributed by atoms with E-state index in [4.69, 9.17) is 5.11 Å². The summed E-state index contributed by atoms with van der Waals surface area (Å²) in [6.07, 6.45) is 4.25. The lowest BCUT2D eigenvalue weighted by atomic mass is 10.0. The summed E-state index contributed by atoms with van der Waals surface area (Å²) in [5.74, 6) is -0.893. The van der Waals surface area contributed by atoms with E-state index in [1.165, 1.54) is 0 Å². The van der Waals surface area contributed by atoms with Gasteiger partial charge in [0.2, 0.25) is 5.91 Å². The average Bonchev–Trinajstić information content (AvgIpc) is 2.81. The van der Waals surface area contributed by atoms with E-state index in [0.717, 1.165) is 32.2 Å². The molecule has 2 aliphatic heterocycles. The number of piperidine rings is 1. The first-order valence-corrected chi connectivity index (χ1v) is 5.97. The molecule has 2 atom stereocenters. The maximum atomic E-state index is 12.1. The van der Waals surface area contributed by atoms with Crippen LogP contribution in [0.15, 0.2) is 0 Å². The van der Waals surface area contributed by atoms with Crippen LogP contribution in [-0.2, 0) is 9.59 Å². The molecule has 16 heavy (non-hydrogen) atoms. The van der Waals surface area contributed by atoms with E-state index in [-0.39, 0.29) is 11.9 Å². The third-order valence-electron chi connectivity index (χ3n) is 3.43. The number of carbonyl (C=O) groups excluding carboxylic acids is 1. The van der Waals surface area contributed by atoms with Crippen LogP contribution in [0.25, 0.3) is 0 Å². The molecule has 2 heterocycles. The van der Waals surface area contributed by atoms with Crippen LogP contribution in [0.5, 0.6) is 0 Å². The van der Waals surface area contributed by atoms with Crippen LogP contribution in [0.4, 0.5) is 0 Å². The summed E-state index contributed by atoms with van der Waals surface area (Å²) in [5, 5.41) is 12.2. The van der Waals surface area contributed by atoms with Gasteiger partial charge in [-0.1, -0.05) is 0 Å². The molecule has 5 nitrogen and oxygen atoms in total. The van der Waals surface area contributed by atoms with Gasteiger partial charge in [-0.3, -0.25) is 4.79 Å². The molecule has 5 heteroatoms. The molecule has 0 radical (unpaired) electrons. The number of nitrogens with one attached hydrogen (secondary N) is 1. The third-order valence-corrected chi connectivity index (χ3v) is 3.43. The molecule has 90 valence electrons. The fourth-order valence-corrected chi connectivity index (χ4v) is 2.55. The Balaban J connectivity index is 2.04. The number of carbonyl (C=O) groups is 2. The van der Waals surface area contributed by atoms with Gasteiger partial charge < -0.3 is 15.3 Å². The molecule has 0 spiro atoms. The van der Waals surface area contributed by atoms with Crippen molar-refractivity contribution >= 4 is 11.9 Å². The molecule has 2 rings (SSSR count). The van der Waals surface area contributed by atoms with Crippen molar-refractivity contribution in [1.29, 1.82) is 0 Å².